The molecule has 0 saturated heterocycles. The Balaban J connectivity index is 0.00000121. The molecule has 0 aliphatic heterocycles. The standard InChI is InChI=1S/C4H4BF4N2.K/c1-11-4(5(7,8)9)3(6)2-10-11;/h2H,1H3;/q-1;+1. The molecule has 62 valence electrons. The van der Waals surface area contributed by atoms with Crippen molar-refractivity contribution in [1.29, 1.82) is 0 Å². The van der Waals surface area contributed by atoms with E-state index in [4.69, 9.17) is 0 Å². The first-order valence-corrected chi connectivity index (χ1v) is 2.80. The predicted molar refractivity (Wildman–Crippen MR) is 31.9 cm³/mol. The molecule has 0 aliphatic carbocycles. The third kappa shape index (κ3) is 2.56. The Morgan fingerprint density at radius 3 is 2.08 bits per heavy atom. The fourth-order valence-corrected chi connectivity index (χ4v) is 0.788. The van der Waals surface area contributed by atoms with Gasteiger partial charge in [0.25, 0.3) is 0 Å². The Bertz CT molecular complexity index is 251. The molecular formula is C4H4BF4KN2. The van der Waals surface area contributed by atoms with E-state index in [1.54, 1.807) is 0 Å². The van der Waals surface area contributed by atoms with Crippen molar-refractivity contribution in [3.63, 3.8) is 0 Å². The first kappa shape index (κ1) is 12.6. The number of rotatable bonds is 1. The van der Waals surface area contributed by atoms with Crippen LogP contribution in [0.25, 0.3) is 0 Å². The zero-order chi connectivity index (χ0) is 8.65. The molecule has 0 aliphatic rings. The molecule has 1 rings (SSSR count). The van der Waals surface area contributed by atoms with Crippen LogP contribution in [0.4, 0.5) is 17.3 Å². The van der Waals surface area contributed by atoms with E-state index in [9.17, 15) is 17.3 Å². The van der Waals surface area contributed by atoms with Crippen molar-refractivity contribution in [3.05, 3.63) is 12.0 Å². The number of aromatic nitrogens is 2. The monoisotopic (exact) mass is 206 g/mol. The first-order chi connectivity index (χ1) is 4.93. The van der Waals surface area contributed by atoms with E-state index in [0.717, 1.165) is 7.05 Å². The molecule has 1 aromatic heterocycles. The molecule has 0 fully saturated rings. The van der Waals surface area contributed by atoms with E-state index >= 15 is 0 Å². The van der Waals surface area contributed by atoms with Gasteiger partial charge in [-0.1, -0.05) is 0 Å². The summed E-state index contributed by atoms with van der Waals surface area (Å²) in [6.45, 7) is -5.29. The second-order valence-electron chi connectivity index (χ2n) is 2.08. The van der Waals surface area contributed by atoms with E-state index in [1.807, 2.05) is 0 Å². The summed E-state index contributed by atoms with van der Waals surface area (Å²) in [4.78, 5) is 0. The van der Waals surface area contributed by atoms with Crippen LogP contribution in [0.15, 0.2) is 6.20 Å². The van der Waals surface area contributed by atoms with E-state index in [1.165, 1.54) is 0 Å². The molecule has 12 heavy (non-hydrogen) atoms. The van der Waals surface area contributed by atoms with Gasteiger partial charge in [0.1, 0.15) is 5.82 Å². The molecule has 0 saturated carbocycles. The summed E-state index contributed by atoms with van der Waals surface area (Å²) in [6.07, 6.45) is 0.546. The molecule has 0 aromatic carbocycles. The summed E-state index contributed by atoms with van der Waals surface area (Å²) in [5, 5.41) is 3.12. The summed E-state index contributed by atoms with van der Waals surface area (Å²) in [5.74, 6) is -1.32. The van der Waals surface area contributed by atoms with Crippen LogP contribution < -0.4 is 57.0 Å². The Labute approximate surface area is 109 Å². The second-order valence-corrected chi connectivity index (χ2v) is 2.08. The van der Waals surface area contributed by atoms with Gasteiger partial charge in [-0.15, -0.1) is 0 Å². The molecule has 8 heteroatoms. The van der Waals surface area contributed by atoms with E-state index in [2.05, 4.69) is 5.10 Å². The van der Waals surface area contributed by atoms with Gasteiger partial charge in [-0.25, -0.2) is 4.39 Å². The minimum absolute atomic E-state index is 0. The van der Waals surface area contributed by atoms with Crippen LogP contribution in [0.1, 0.15) is 0 Å². The number of hydrogen-bond acceptors (Lipinski definition) is 1. The SMILES string of the molecule is Cn1ncc(F)c1[B-](F)(F)F.[K+]. The molecule has 1 aromatic rings. The van der Waals surface area contributed by atoms with Crippen LogP contribution >= 0.6 is 0 Å². The van der Waals surface area contributed by atoms with Crippen molar-refractivity contribution in [1.82, 2.24) is 9.78 Å². The number of nitrogens with zero attached hydrogens (tertiary/aromatic N) is 2. The smallest absolute Gasteiger partial charge is 0.444 e. The number of hydrogen-bond donors (Lipinski definition) is 0. The molecule has 0 unspecified atom stereocenters. The molecule has 1 heterocycles. The largest absolute Gasteiger partial charge is 1.00 e. The fourth-order valence-electron chi connectivity index (χ4n) is 0.788. The molecule has 0 atom stereocenters. The topological polar surface area (TPSA) is 17.8 Å². The van der Waals surface area contributed by atoms with Gasteiger partial charge in [-0.2, -0.15) is 5.10 Å². The summed E-state index contributed by atoms with van der Waals surface area (Å²) >= 11 is 0. The molecule has 0 N–H and O–H groups in total. The maximum atomic E-state index is 12.3. The van der Waals surface area contributed by atoms with Crippen molar-refractivity contribution in [2.45, 2.75) is 0 Å². The van der Waals surface area contributed by atoms with Gasteiger partial charge >= 0.3 is 58.4 Å². The Hall–Kier alpha value is 0.631. The average molecular weight is 206 g/mol. The maximum Gasteiger partial charge on any atom is 1.00 e. The molecule has 0 radical (unpaired) electrons. The van der Waals surface area contributed by atoms with E-state index < -0.39 is 18.4 Å². The van der Waals surface area contributed by atoms with Crippen molar-refractivity contribution in [3.8, 4) is 0 Å². The van der Waals surface area contributed by atoms with Crippen molar-refractivity contribution in [2.75, 3.05) is 0 Å². The maximum absolute atomic E-state index is 12.3. The molecular weight excluding hydrogens is 202 g/mol. The van der Waals surface area contributed by atoms with Gasteiger partial charge in [0.15, 0.2) is 0 Å². The summed E-state index contributed by atoms with van der Waals surface area (Å²) < 4.78 is 48.5. The Kier molecular flexibility index (Phi) is 4.45. The quantitative estimate of drug-likeness (QED) is 0.370. The van der Waals surface area contributed by atoms with Crippen LogP contribution in [0, 0.1) is 5.82 Å². The zero-order valence-electron chi connectivity index (χ0n) is 6.56. The van der Waals surface area contributed by atoms with Crippen molar-refractivity contribution < 1.29 is 68.7 Å². The van der Waals surface area contributed by atoms with Gasteiger partial charge in [0.2, 0.25) is 0 Å². The number of halogens is 4. The Morgan fingerprint density at radius 1 is 1.42 bits per heavy atom. The van der Waals surface area contributed by atoms with Gasteiger partial charge in [0, 0.05) is 12.6 Å². The molecule has 0 bridgehead atoms. The van der Waals surface area contributed by atoms with Crippen LogP contribution in [-0.2, 0) is 7.05 Å². The fraction of sp³-hybridized carbons (Fsp3) is 0.250. The molecule has 0 spiro atoms. The zero-order valence-corrected chi connectivity index (χ0v) is 9.68. The molecule has 0 amide bonds. The van der Waals surface area contributed by atoms with Gasteiger partial charge in [0.05, 0.1) is 6.20 Å². The third-order valence-electron chi connectivity index (χ3n) is 1.25. The minimum Gasteiger partial charge on any atom is -0.444 e. The predicted octanol–water partition coefficient (Wildman–Crippen LogP) is -2.38. The van der Waals surface area contributed by atoms with Gasteiger partial charge in [-0.05, 0) is 0 Å². The Morgan fingerprint density at radius 2 is 1.92 bits per heavy atom. The van der Waals surface area contributed by atoms with Crippen LogP contribution in [0.3, 0.4) is 0 Å². The van der Waals surface area contributed by atoms with Gasteiger partial charge in [-0.3, -0.25) is 4.68 Å². The number of aryl methyl sites for hydroxylation is 1. The third-order valence-corrected chi connectivity index (χ3v) is 1.25. The molecule has 2 nitrogen and oxygen atoms in total. The van der Waals surface area contributed by atoms with Crippen LogP contribution in [0.5, 0.6) is 0 Å². The van der Waals surface area contributed by atoms with Crippen LogP contribution in [-0.4, -0.2) is 16.8 Å². The minimum atomic E-state index is -5.29. The van der Waals surface area contributed by atoms with E-state index in [0.29, 0.717) is 10.9 Å². The van der Waals surface area contributed by atoms with E-state index in [-0.39, 0.29) is 51.4 Å². The normalized spacial score (nSPS) is 11.1. The van der Waals surface area contributed by atoms with Crippen molar-refractivity contribution >= 4 is 12.6 Å². The first-order valence-electron chi connectivity index (χ1n) is 2.80. The summed E-state index contributed by atoms with van der Waals surface area (Å²) in [7, 11) is 1.05. The van der Waals surface area contributed by atoms with Crippen molar-refractivity contribution in [2.24, 2.45) is 7.05 Å². The second kappa shape index (κ2) is 4.23. The summed E-state index contributed by atoms with van der Waals surface area (Å²) in [6, 6.07) is 0. The van der Waals surface area contributed by atoms with Gasteiger partial charge < -0.3 is 12.9 Å². The average Bonchev–Trinajstić information content (AvgIpc) is 2.08. The van der Waals surface area contributed by atoms with Crippen LogP contribution in [0.2, 0.25) is 0 Å². The summed E-state index contributed by atoms with van der Waals surface area (Å²) in [5.41, 5.74) is -1.29.